The van der Waals surface area contributed by atoms with Crippen molar-refractivity contribution in [2.75, 3.05) is 5.01 Å². The summed E-state index contributed by atoms with van der Waals surface area (Å²) in [4.78, 5) is 23.1. The minimum atomic E-state index is -1.03. The molecule has 21 heavy (non-hydrogen) atoms. The van der Waals surface area contributed by atoms with Crippen LogP contribution in [-0.4, -0.2) is 22.7 Å². The van der Waals surface area contributed by atoms with Crippen molar-refractivity contribution in [1.29, 1.82) is 0 Å². The van der Waals surface area contributed by atoms with E-state index in [1.807, 2.05) is 30.3 Å². The smallest absolute Gasteiger partial charge is 0.335 e. The van der Waals surface area contributed by atoms with Crippen LogP contribution in [0.2, 0.25) is 0 Å². The number of nitrogens with zero attached hydrogens (tertiary/aromatic N) is 2. The summed E-state index contributed by atoms with van der Waals surface area (Å²) in [6.07, 6.45) is 0.210. The number of hydrazone groups is 1. The molecule has 0 unspecified atom stereocenters. The zero-order chi connectivity index (χ0) is 14.8. The lowest BCUT2D eigenvalue weighted by molar-refractivity contribution is -0.116. The molecule has 1 aliphatic rings. The van der Waals surface area contributed by atoms with Crippen molar-refractivity contribution >= 4 is 23.3 Å². The first-order valence-corrected chi connectivity index (χ1v) is 6.44. The van der Waals surface area contributed by atoms with Crippen LogP contribution in [0.3, 0.4) is 0 Å². The molecule has 0 saturated heterocycles. The summed E-state index contributed by atoms with van der Waals surface area (Å²) in [5.41, 5.74) is 2.17. The number of carboxylic acids is 1. The van der Waals surface area contributed by atoms with Gasteiger partial charge < -0.3 is 5.11 Å². The number of hydrogen-bond donors (Lipinski definition) is 1. The molecule has 0 aliphatic carbocycles. The molecule has 2 aromatic rings. The minimum Gasteiger partial charge on any atom is -0.478 e. The van der Waals surface area contributed by atoms with Crippen LogP contribution in [0.4, 0.5) is 5.69 Å². The molecule has 3 rings (SSSR count). The average molecular weight is 280 g/mol. The van der Waals surface area contributed by atoms with Crippen LogP contribution in [0, 0.1) is 0 Å². The Kier molecular flexibility index (Phi) is 3.23. The minimum absolute atomic E-state index is 0.128. The standard InChI is InChI=1S/C16H12N2O3/c19-15-10-14(11-5-2-1-3-6-11)17-18(15)13-8-4-7-12(9-13)16(20)21/h1-9H,10H2,(H,20,21). The molecule has 1 amide bonds. The summed E-state index contributed by atoms with van der Waals surface area (Å²) in [7, 11) is 0. The highest BCUT2D eigenvalue weighted by atomic mass is 16.4. The lowest BCUT2D eigenvalue weighted by Gasteiger charge is -2.11. The first-order chi connectivity index (χ1) is 10.1. The van der Waals surface area contributed by atoms with E-state index in [0.29, 0.717) is 11.4 Å². The van der Waals surface area contributed by atoms with Crippen molar-refractivity contribution in [3.63, 3.8) is 0 Å². The maximum absolute atomic E-state index is 12.1. The van der Waals surface area contributed by atoms with Gasteiger partial charge in [0.1, 0.15) is 0 Å². The fraction of sp³-hybridized carbons (Fsp3) is 0.0625. The predicted octanol–water partition coefficient (Wildman–Crippen LogP) is 2.53. The van der Waals surface area contributed by atoms with Crippen LogP contribution < -0.4 is 5.01 Å². The van der Waals surface area contributed by atoms with Crippen molar-refractivity contribution in [1.82, 2.24) is 0 Å². The van der Waals surface area contributed by atoms with Gasteiger partial charge in [-0.25, -0.2) is 9.80 Å². The number of carbonyl (C=O) groups is 2. The molecule has 5 heteroatoms. The van der Waals surface area contributed by atoms with Crippen LogP contribution >= 0.6 is 0 Å². The van der Waals surface area contributed by atoms with Crippen molar-refractivity contribution in [2.45, 2.75) is 6.42 Å². The van der Waals surface area contributed by atoms with Gasteiger partial charge in [-0.15, -0.1) is 0 Å². The fourth-order valence-corrected chi connectivity index (χ4v) is 2.19. The predicted molar refractivity (Wildman–Crippen MR) is 78.5 cm³/mol. The van der Waals surface area contributed by atoms with Crippen molar-refractivity contribution < 1.29 is 14.7 Å². The van der Waals surface area contributed by atoms with E-state index in [0.717, 1.165) is 5.56 Å². The number of carbonyl (C=O) groups excluding carboxylic acids is 1. The van der Waals surface area contributed by atoms with Gasteiger partial charge in [-0.1, -0.05) is 36.4 Å². The van der Waals surface area contributed by atoms with Crippen LogP contribution in [0.25, 0.3) is 0 Å². The third kappa shape index (κ3) is 2.53. The maximum Gasteiger partial charge on any atom is 0.335 e. The van der Waals surface area contributed by atoms with Gasteiger partial charge in [0.2, 0.25) is 0 Å². The first kappa shape index (κ1) is 13.1. The second-order valence-corrected chi connectivity index (χ2v) is 4.65. The molecule has 104 valence electrons. The number of carboxylic acid groups (broad SMARTS) is 1. The van der Waals surface area contributed by atoms with Crippen molar-refractivity contribution in [3.05, 3.63) is 65.7 Å². The topological polar surface area (TPSA) is 70.0 Å². The van der Waals surface area contributed by atoms with Gasteiger partial charge in [0.25, 0.3) is 5.91 Å². The Balaban J connectivity index is 1.96. The summed E-state index contributed by atoms with van der Waals surface area (Å²) in [5, 5.41) is 14.6. The van der Waals surface area contributed by atoms with E-state index in [4.69, 9.17) is 5.11 Å². The van der Waals surface area contributed by atoms with Gasteiger partial charge in [0.15, 0.2) is 0 Å². The van der Waals surface area contributed by atoms with Gasteiger partial charge in [-0.05, 0) is 23.8 Å². The summed E-state index contributed by atoms with van der Waals surface area (Å²) in [6.45, 7) is 0. The molecule has 0 radical (unpaired) electrons. The third-order valence-corrected chi connectivity index (χ3v) is 3.22. The molecule has 0 fully saturated rings. The second kappa shape index (κ2) is 5.20. The second-order valence-electron chi connectivity index (χ2n) is 4.65. The molecule has 1 aliphatic heterocycles. The van der Waals surface area contributed by atoms with E-state index in [2.05, 4.69) is 5.10 Å². The normalized spacial score (nSPS) is 14.2. The molecular formula is C16H12N2O3. The Morgan fingerprint density at radius 3 is 2.57 bits per heavy atom. The van der Waals surface area contributed by atoms with Crippen LogP contribution in [0.5, 0.6) is 0 Å². The SMILES string of the molecule is O=C(O)c1cccc(N2N=C(c3ccccc3)CC2=O)c1. The number of benzene rings is 2. The highest BCUT2D eigenvalue weighted by Gasteiger charge is 2.26. The quantitative estimate of drug-likeness (QED) is 0.939. The monoisotopic (exact) mass is 280 g/mol. The van der Waals surface area contributed by atoms with E-state index < -0.39 is 5.97 Å². The van der Waals surface area contributed by atoms with Crippen molar-refractivity contribution in [2.24, 2.45) is 5.10 Å². The summed E-state index contributed by atoms with van der Waals surface area (Å²) < 4.78 is 0. The molecule has 0 saturated carbocycles. The van der Waals surface area contributed by atoms with Gasteiger partial charge in [0, 0.05) is 0 Å². The number of anilines is 1. The molecule has 1 N–H and O–H groups in total. The number of hydrogen-bond acceptors (Lipinski definition) is 3. The zero-order valence-corrected chi connectivity index (χ0v) is 11.1. The van der Waals surface area contributed by atoms with E-state index in [1.165, 1.54) is 17.1 Å². The van der Waals surface area contributed by atoms with Crippen LogP contribution in [-0.2, 0) is 4.79 Å². The van der Waals surface area contributed by atoms with Crippen LogP contribution in [0.15, 0.2) is 59.7 Å². The van der Waals surface area contributed by atoms with Gasteiger partial charge in [0.05, 0.1) is 23.4 Å². The molecular weight excluding hydrogens is 268 g/mol. The van der Waals surface area contributed by atoms with E-state index >= 15 is 0 Å². The van der Waals surface area contributed by atoms with Crippen molar-refractivity contribution in [3.8, 4) is 0 Å². The van der Waals surface area contributed by atoms with Crippen LogP contribution in [0.1, 0.15) is 22.3 Å². The molecule has 2 aromatic carbocycles. The van der Waals surface area contributed by atoms with E-state index in [-0.39, 0.29) is 17.9 Å². The highest BCUT2D eigenvalue weighted by Crippen LogP contribution is 2.23. The fourth-order valence-electron chi connectivity index (χ4n) is 2.19. The molecule has 1 heterocycles. The molecule has 5 nitrogen and oxygen atoms in total. The Morgan fingerprint density at radius 2 is 1.86 bits per heavy atom. The first-order valence-electron chi connectivity index (χ1n) is 6.44. The van der Waals surface area contributed by atoms with Gasteiger partial charge in [-0.3, -0.25) is 4.79 Å². The van der Waals surface area contributed by atoms with E-state index in [1.54, 1.807) is 12.1 Å². The Hall–Kier alpha value is -2.95. The molecule has 0 atom stereocenters. The molecule has 0 bridgehead atoms. The number of amides is 1. The van der Waals surface area contributed by atoms with Gasteiger partial charge in [-0.2, -0.15) is 5.10 Å². The largest absolute Gasteiger partial charge is 0.478 e. The lowest BCUT2D eigenvalue weighted by atomic mass is 10.1. The summed E-state index contributed by atoms with van der Waals surface area (Å²) in [6, 6.07) is 15.6. The van der Waals surface area contributed by atoms with Gasteiger partial charge >= 0.3 is 5.97 Å². The maximum atomic E-state index is 12.1. The zero-order valence-electron chi connectivity index (χ0n) is 11.1. The highest BCUT2D eigenvalue weighted by molar-refractivity contribution is 6.19. The number of aromatic carboxylic acids is 1. The Labute approximate surface area is 121 Å². The number of rotatable bonds is 3. The molecule has 0 spiro atoms. The third-order valence-electron chi connectivity index (χ3n) is 3.22. The lowest BCUT2D eigenvalue weighted by Crippen LogP contribution is -2.19. The Bertz CT molecular complexity index is 738. The van der Waals surface area contributed by atoms with E-state index in [9.17, 15) is 9.59 Å². The average Bonchev–Trinajstić information content (AvgIpc) is 2.90. The summed E-state index contributed by atoms with van der Waals surface area (Å²) in [5.74, 6) is -1.20. The Morgan fingerprint density at radius 1 is 1.10 bits per heavy atom. The molecule has 0 aromatic heterocycles. The summed E-state index contributed by atoms with van der Waals surface area (Å²) >= 11 is 0.